The van der Waals surface area contributed by atoms with Crippen LogP contribution in [-0.2, 0) is 12.8 Å². The van der Waals surface area contributed by atoms with Gasteiger partial charge in [-0.2, -0.15) is 0 Å². The third-order valence-corrected chi connectivity index (χ3v) is 20.8. The van der Waals surface area contributed by atoms with Gasteiger partial charge < -0.3 is 52.1 Å². The van der Waals surface area contributed by atoms with Crippen molar-refractivity contribution in [1.29, 1.82) is 0 Å². The highest BCUT2D eigenvalue weighted by atomic mass is 19.1. The fraction of sp³-hybridized carbons (Fsp3) is 0.537. The van der Waals surface area contributed by atoms with Crippen molar-refractivity contribution >= 4 is 0 Å². The predicted octanol–water partition coefficient (Wildman–Crippen LogP) is 35.1. The van der Waals surface area contributed by atoms with E-state index in [9.17, 15) is 4.39 Å². The number of hydrogen-bond donors (Lipinski definition) is 0. The molecule has 0 aliphatic heterocycles. The molecular formula is C121H191FO11. The second kappa shape index (κ2) is 78.7. The van der Waals surface area contributed by atoms with E-state index >= 15 is 0 Å². The number of allylic oxidation sites excluding steroid dienone is 1. The van der Waals surface area contributed by atoms with E-state index in [1.165, 1.54) is 55.6 Å². The SMILES string of the molecule is C.C.C=CCc1ccc(OCCC(C)C)c(OC)c1.CC(C)C(C)F.CC(C)CCOc1ccccc1.CCc1ccc(OCCC(C)C)cc1.COc1cccc(OCCC(C)C)c1.Cc1ccc(OCCC(C)C)cc1.Cc1ccc(OCCC(C)C)cc1C.Cc1cccc(C)c1OCCC(C)C.Cc1cccc(OCCC(C)C)c1C.Cc1ccccc1OCCC(C)C. The minimum Gasteiger partial charge on any atom is -0.497 e. The van der Waals surface area contributed by atoms with Crippen molar-refractivity contribution < 1.29 is 56.5 Å². The smallest absolute Gasteiger partial charge is 0.161 e. The van der Waals surface area contributed by atoms with Gasteiger partial charge in [0, 0.05) is 6.07 Å². The first-order valence-corrected chi connectivity index (χ1v) is 48.9. The van der Waals surface area contributed by atoms with Crippen LogP contribution in [0.4, 0.5) is 4.39 Å². The highest BCUT2D eigenvalue weighted by Gasteiger charge is 2.10. The normalized spacial score (nSPS) is 10.5. The van der Waals surface area contributed by atoms with Crippen molar-refractivity contribution in [2.45, 2.75) is 299 Å². The Hall–Kier alpha value is -9.55. The van der Waals surface area contributed by atoms with Crippen LogP contribution in [0, 0.1) is 115 Å². The lowest BCUT2D eigenvalue weighted by atomic mass is 10.1. The fourth-order valence-electron chi connectivity index (χ4n) is 10.9. The fourth-order valence-corrected chi connectivity index (χ4v) is 10.9. The number of methoxy groups -OCH3 is 2. The van der Waals surface area contributed by atoms with Gasteiger partial charge in [0.15, 0.2) is 11.5 Å². The summed E-state index contributed by atoms with van der Waals surface area (Å²) in [7, 11) is 3.33. The maximum absolute atomic E-state index is 11.8. The first-order valence-electron chi connectivity index (χ1n) is 48.9. The molecule has 0 spiro atoms. The summed E-state index contributed by atoms with van der Waals surface area (Å²) >= 11 is 0. The molecule has 9 aromatic rings. The molecule has 0 N–H and O–H groups in total. The van der Waals surface area contributed by atoms with E-state index in [1.807, 2.05) is 135 Å². The van der Waals surface area contributed by atoms with Gasteiger partial charge in [-0.3, -0.25) is 0 Å². The van der Waals surface area contributed by atoms with Crippen molar-refractivity contribution in [3.8, 4) is 63.2 Å². The Morgan fingerprint density at radius 3 is 1.00 bits per heavy atom. The van der Waals surface area contributed by atoms with Crippen LogP contribution in [0.3, 0.4) is 0 Å². The maximum atomic E-state index is 11.8. The number of alkyl halides is 1. The number of aryl methyl sites for hydroxylation is 8. The topological polar surface area (TPSA) is 102 Å². The molecule has 0 radical (unpaired) electrons. The zero-order valence-corrected chi connectivity index (χ0v) is 88.2. The van der Waals surface area contributed by atoms with Crippen LogP contribution in [0.15, 0.2) is 213 Å². The molecule has 1 unspecified atom stereocenters. The number of halogens is 1. The summed E-state index contributed by atoms with van der Waals surface area (Å²) in [5, 5.41) is 0. The molecule has 11 nitrogen and oxygen atoms in total. The molecule has 12 heteroatoms. The summed E-state index contributed by atoms with van der Waals surface area (Å²) in [4.78, 5) is 0. The summed E-state index contributed by atoms with van der Waals surface area (Å²) in [5.41, 5.74) is 12.7. The van der Waals surface area contributed by atoms with Gasteiger partial charge in [-0.15, -0.1) is 6.58 Å². The zero-order valence-electron chi connectivity index (χ0n) is 88.2. The van der Waals surface area contributed by atoms with E-state index in [2.05, 4.69) is 278 Å². The molecule has 9 rings (SSSR count). The van der Waals surface area contributed by atoms with E-state index in [0.29, 0.717) is 53.3 Å². The summed E-state index contributed by atoms with van der Waals surface area (Å²) in [6, 6.07) is 67.1. The Morgan fingerprint density at radius 1 is 0.271 bits per heavy atom. The number of para-hydroxylation sites is 3. The maximum Gasteiger partial charge on any atom is 0.161 e. The molecule has 0 aliphatic rings. The number of benzene rings is 9. The minimum absolute atomic E-state index is 0. The molecule has 1 atom stereocenters. The van der Waals surface area contributed by atoms with Gasteiger partial charge in [-0.05, 0) is 327 Å². The minimum atomic E-state index is -0.648. The average Bonchev–Trinajstić information content (AvgIpc) is 0.814. The van der Waals surface area contributed by atoms with Crippen LogP contribution >= 0.6 is 0 Å². The monoisotopic (exact) mass is 1840 g/mol. The Kier molecular flexibility index (Phi) is 75.5. The highest BCUT2D eigenvalue weighted by Crippen LogP contribution is 2.30. The van der Waals surface area contributed by atoms with Crippen molar-refractivity contribution in [3.63, 3.8) is 0 Å². The second-order valence-electron chi connectivity index (χ2n) is 37.9. The molecule has 0 heterocycles. The first-order chi connectivity index (χ1) is 62.2. The van der Waals surface area contributed by atoms with Crippen LogP contribution in [0.2, 0.25) is 0 Å². The van der Waals surface area contributed by atoms with Gasteiger partial charge >= 0.3 is 0 Å². The zero-order chi connectivity index (χ0) is 98.4. The van der Waals surface area contributed by atoms with Crippen molar-refractivity contribution in [3.05, 3.63) is 268 Å². The lowest BCUT2D eigenvalue weighted by Gasteiger charge is -2.12. The van der Waals surface area contributed by atoms with E-state index in [-0.39, 0.29) is 20.8 Å². The number of ether oxygens (including phenoxy) is 11. The van der Waals surface area contributed by atoms with Crippen LogP contribution in [0.5, 0.6) is 63.2 Å². The van der Waals surface area contributed by atoms with E-state index in [1.54, 1.807) is 21.1 Å². The molecule has 9 aromatic carbocycles. The van der Waals surface area contributed by atoms with Crippen LogP contribution in [0.25, 0.3) is 0 Å². The molecule has 133 heavy (non-hydrogen) atoms. The quantitative estimate of drug-likeness (QED) is 0.0342. The molecule has 0 bridgehead atoms. The van der Waals surface area contributed by atoms with Gasteiger partial charge in [-0.1, -0.05) is 281 Å². The Labute approximate surface area is 815 Å². The summed E-state index contributed by atoms with van der Waals surface area (Å²) in [5.74, 6) is 16.9. The lowest BCUT2D eigenvalue weighted by molar-refractivity contribution is 0.273. The van der Waals surface area contributed by atoms with Crippen molar-refractivity contribution in [2.75, 3.05) is 73.7 Å². The first kappa shape index (κ1) is 128. The Balaban J connectivity index is -0.00000142. The average molecular weight is 1840 g/mol. The Bertz CT molecular complexity index is 4210. The second-order valence-corrected chi connectivity index (χ2v) is 37.9. The van der Waals surface area contributed by atoms with Crippen LogP contribution in [0.1, 0.15) is 281 Å². The largest absolute Gasteiger partial charge is 0.497 e. The lowest BCUT2D eigenvalue weighted by Crippen LogP contribution is -2.03. The van der Waals surface area contributed by atoms with E-state index in [4.69, 9.17) is 52.1 Å². The van der Waals surface area contributed by atoms with Gasteiger partial charge in [0.25, 0.3) is 0 Å². The third-order valence-electron chi connectivity index (χ3n) is 20.8. The molecule has 0 saturated carbocycles. The van der Waals surface area contributed by atoms with Crippen molar-refractivity contribution in [1.82, 2.24) is 0 Å². The van der Waals surface area contributed by atoms with Crippen molar-refractivity contribution in [2.24, 2.45) is 59.2 Å². The molecule has 0 saturated heterocycles. The molecule has 0 aromatic heterocycles. The summed E-state index contributed by atoms with van der Waals surface area (Å²) in [6.45, 7) is 75.0. The summed E-state index contributed by atoms with van der Waals surface area (Å²) in [6.07, 6.45) is 13.1. The van der Waals surface area contributed by atoms with Gasteiger partial charge in [-0.25, -0.2) is 4.39 Å². The van der Waals surface area contributed by atoms with E-state index < -0.39 is 6.17 Å². The summed E-state index contributed by atoms with van der Waals surface area (Å²) < 4.78 is 73.1. The standard InChI is InChI=1S/C15H22O2.4C13H20O.C12H18O2.2C12H18O.C11H16O.C5H11F.2CH4/c1-5-6-13-7-8-14(15(11-13)16-4)17-10-9-12(2)3;1-10(2)7-8-14-13-6-5-11(3)12(4)9-13;1-10(2)8-9-14-13-7-5-6-11(3)12(13)4;1-10(2)8-9-14-13-11(3)6-5-7-12(13)4;1-4-12-5-7-13(8-6-12)14-10-9-11(2)3;1-10(2)7-8-14-12-6-4-5-11(9-12)13-3;1-10(2)8-9-13-12-6-4-11(3)5-7-12;1-10(2)8-9-13-12-7-5-4-6-11(12)3;1-10(2)8-9-12-11-6-4-3-5-7-11;1-4(2)5(3)6;;/h5,7-8,11-12H,1,6,9-10H2,2-4H3;5-6,9-10H,7-8H2,1-4H3;2*5-7,10H,8-9H2,1-4H3;5-8,11H,4,9-10H2,1-3H3;4-6,9-10H,7-8H2,1-3H3;2*4-7,10H,8-9H2,1-3H3;3-7,10H,8-9H2,1-2H3;4-5H,1-3H3;2*1H4. The third kappa shape index (κ3) is 69.0. The number of rotatable bonds is 42. The van der Waals surface area contributed by atoms with Gasteiger partial charge in [0.2, 0.25) is 0 Å². The van der Waals surface area contributed by atoms with Crippen LogP contribution < -0.4 is 52.1 Å². The van der Waals surface area contributed by atoms with E-state index in [0.717, 1.165) is 193 Å². The van der Waals surface area contributed by atoms with Gasteiger partial charge in [0.05, 0.1) is 79.9 Å². The highest BCUT2D eigenvalue weighted by molar-refractivity contribution is 5.44. The van der Waals surface area contributed by atoms with Gasteiger partial charge in [0.1, 0.15) is 51.7 Å². The molecule has 748 valence electrons. The molecular weight excluding hydrogens is 1650 g/mol. The predicted molar refractivity (Wildman–Crippen MR) is 576 cm³/mol. The molecule has 0 aliphatic carbocycles. The Morgan fingerprint density at radius 2 is 0.594 bits per heavy atom. The van der Waals surface area contributed by atoms with Crippen LogP contribution in [-0.4, -0.2) is 79.9 Å². The molecule has 0 amide bonds. The number of hydrogen-bond acceptors (Lipinski definition) is 11. The molecule has 0 fully saturated rings.